The molecule has 6 nitrogen and oxygen atoms in total. The van der Waals surface area contributed by atoms with Crippen molar-refractivity contribution in [3.05, 3.63) is 24.0 Å². The van der Waals surface area contributed by atoms with Gasteiger partial charge in [-0.1, -0.05) is 6.07 Å². The quantitative estimate of drug-likeness (QED) is 0.713. The lowest BCUT2D eigenvalue weighted by Crippen LogP contribution is -2.12. The number of benzene rings is 1. The highest BCUT2D eigenvalue weighted by atomic mass is 32.2. The van der Waals surface area contributed by atoms with Crippen LogP contribution >= 0.6 is 0 Å². The van der Waals surface area contributed by atoms with Crippen LogP contribution in [-0.4, -0.2) is 36.3 Å². The standard InChI is InChI=1S/C10H13N3O3S/c1-17(15,16)8-4-2-3-6-9(8)13-10(12-6)7(14)5-11/h2-4,7,14H,5,11H2,1H3,(H,12,13). The third kappa shape index (κ3) is 2.17. The molecule has 1 atom stereocenters. The molecule has 0 aliphatic heterocycles. The van der Waals surface area contributed by atoms with Gasteiger partial charge in [0, 0.05) is 12.8 Å². The molecule has 7 heteroatoms. The summed E-state index contributed by atoms with van der Waals surface area (Å²) < 4.78 is 23.1. The average molecular weight is 255 g/mol. The molecule has 0 aliphatic carbocycles. The van der Waals surface area contributed by atoms with Gasteiger partial charge in [0.2, 0.25) is 0 Å². The third-order valence-electron chi connectivity index (χ3n) is 2.43. The number of rotatable bonds is 3. The van der Waals surface area contributed by atoms with E-state index in [1.165, 1.54) is 6.07 Å². The predicted octanol–water partition coefficient (Wildman–Crippen LogP) is -0.0415. The molecule has 1 unspecified atom stereocenters. The van der Waals surface area contributed by atoms with Crippen molar-refractivity contribution < 1.29 is 13.5 Å². The lowest BCUT2D eigenvalue weighted by molar-refractivity contribution is 0.178. The van der Waals surface area contributed by atoms with Gasteiger partial charge in [-0.05, 0) is 12.1 Å². The molecule has 1 heterocycles. The molecule has 0 saturated heterocycles. The van der Waals surface area contributed by atoms with E-state index in [1.54, 1.807) is 12.1 Å². The molecular weight excluding hydrogens is 242 g/mol. The van der Waals surface area contributed by atoms with Gasteiger partial charge in [0.1, 0.15) is 17.4 Å². The van der Waals surface area contributed by atoms with Crippen molar-refractivity contribution in [1.82, 2.24) is 9.97 Å². The summed E-state index contributed by atoms with van der Waals surface area (Å²) >= 11 is 0. The minimum atomic E-state index is -3.34. The maximum absolute atomic E-state index is 11.6. The normalized spacial score (nSPS) is 14.1. The van der Waals surface area contributed by atoms with E-state index in [0.29, 0.717) is 11.0 Å². The maximum atomic E-state index is 11.6. The van der Waals surface area contributed by atoms with E-state index in [2.05, 4.69) is 9.97 Å². The van der Waals surface area contributed by atoms with Crippen LogP contribution in [0.15, 0.2) is 23.1 Å². The molecular formula is C10H13N3O3S. The number of nitrogens with two attached hydrogens (primary N) is 1. The van der Waals surface area contributed by atoms with E-state index >= 15 is 0 Å². The second kappa shape index (κ2) is 4.10. The van der Waals surface area contributed by atoms with Crippen molar-refractivity contribution in [2.75, 3.05) is 12.8 Å². The van der Waals surface area contributed by atoms with Crippen LogP contribution in [0, 0.1) is 0 Å². The van der Waals surface area contributed by atoms with Crippen LogP contribution in [0.3, 0.4) is 0 Å². The monoisotopic (exact) mass is 255 g/mol. The number of para-hydroxylation sites is 1. The van der Waals surface area contributed by atoms with E-state index in [9.17, 15) is 13.5 Å². The molecule has 92 valence electrons. The Labute approximate surface area is 98.4 Å². The zero-order valence-corrected chi connectivity index (χ0v) is 10.0. The molecule has 2 aromatic rings. The zero-order chi connectivity index (χ0) is 12.6. The first-order valence-corrected chi connectivity index (χ1v) is 6.89. The number of nitrogens with one attached hydrogen (secondary N) is 1. The van der Waals surface area contributed by atoms with Crippen molar-refractivity contribution in [2.24, 2.45) is 5.73 Å². The zero-order valence-electron chi connectivity index (χ0n) is 9.21. The van der Waals surface area contributed by atoms with Gasteiger partial charge in [-0.2, -0.15) is 0 Å². The van der Waals surface area contributed by atoms with E-state index < -0.39 is 15.9 Å². The molecule has 1 aromatic carbocycles. The van der Waals surface area contributed by atoms with Crippen LogP contribution in [0.4, 0.5) is 0 Å². The van der Waals surface area contributed by atoms with Gasteiger partial charge in [-0.25, -0.2) is 13.4 Å². The second-order valence-corrected chi connectivity index (χ2v) is 5.78. The second-order valence-electron chi connectivity index (χ2n) is 3.80. The number of aromatic amines is 1. The van der Waals surface area contributed by atoms with Crippen molar-refractivity contribution in [1.29, 1.82) is 0 Å². The maximum Gasteiger partial charge on any atom is 0.177 e. The fraction of sp³-hybridized carbons (Fsp3) is 0.300. The van der Waals surface area contributed by atoms with E-state index in [0.717, 1.165) is 6.26 Å². The summed E-state index contributed by atoms with van der Waals surface area (Å²) in [5.41, 5.74) is 6.22. The minimum Gasteiger partial charge on any atom is -0.384 e. The largest absolute Gasteiger partial charge is 0.384 e. The number of aliphatic hydroxyl groups excluding tert-OH is 1. The molecule has 0 fully saturated rings. The molecule has 4 N–H and O–H groups in total. The number of aromatic nitrogens is 2. The lowest BCUT2D eigenvalue weighted by atomic mass is 10.3. The first kappa shape index (κ1) is 12.0. The number of sulfone groups is 1. The summed E-state index contributed by atoms with van der Waals surface area (Å²) in [6, 6.07) is 4.80. The Balaban J connectivity index is 2.69. The van der Waals surface area contributed by atoms with Gasteiger partial charge in [-0.15, -0.1) is 0 Å². The summed E-state index contributed by atoms with van der Waals surface area (Å²) in [5, 5.41) is 9.56. The Morgan fingerprint density at radius 1 is 1.53 bits per heavy atom. The Morgan fingerprint density at radius 3 is 2.82 bits per heavy atom. The van der Waals surface area contributed by atoms with Crippen LogP contribution in [0.1, 0.15) is 11.9 Å². The Bertz CT molecular complexity index is 648. The predicted molar refractivity (Wildman–Crippen MR) is 63.2 cm³/mol. The van der Waals surface area contributed by atoms with E-state index in [4.69, 9.17) is 5.73 Å². The minimum absolute atomic E-state index is 0.0219. The van der Waals surface area contributed by atoms with Gasteiger partial charge in [0.05, 0.1) is 10.4 Å². The smallest absolute Gasteiger partial charge is 0.177 e. The van der Waals surface area contributed by atoms with Gasteiger partial charge in [0.25, 0.3) is 0 Å². The van der Waals surface area contributed by atoms with Crippen molar-refractivity contribution in [3.63, 3.8) is 0 Å². The molecule has 0 amide bonds. The van der Waals surface area contributed by atoms with Gasteiger partial charge >= 0.3 is 0 Å². The topological polar surface area (TPSA) is 109 Å². The highest BCUT2D eigenvalue weighted by Gasteiger charge is 2.17. The number of H-pyrrole nitrogens is 1. The molecule has 1 aromatic heterocycles. The first-order valence-electron chi connectivity index (χ1n) is 5.00. The van der Waals surface area contributed by atoms with Crippen LogP contribution in [0.25, 0.3) is 11.0 Å². The molecule has 17 heavy (non-hydrogen) atoms. The van der Waals surface area contributed by atoms with Crippen molar-refractivity contribution in [2.45, 2.75) is 11.0 Å². The highest BCUT2D eigenvalue weighted by molar-refractivity contribution is 7.91. The fourth-order valence-electron chi connectivity index (χ4n) is 1.59. The van der Waals surface area contributed by atoms with Crippen molar-refractivity contribution >= 4 is 20.9 Å². The molecule has 0 saturated carbocycles. The lowest BCUT2D eigenvalue weighted by Gasteiger charge is -2.01. The van der Waals surface area contributed by atoms with E-state index in [1.807, 2.05) is 0 Å². The van der Waals surface area contributed by atoms with Crippen LogP contribution in [0.5, 0.6) is 0 Å². The molecule has 0 aliphatic rings. The number of fused-ring (bicyclic) bond motifs is 1. The molecule has 2 rings (SSSR count). The van der Waals surface area contributed by atoms with Gasteiger partial charge < -0.3 is 15.8 Å². The number of aliphatic hydroxyl groups is 1. The molecule has 0 bridgehead atoms. The van der Waals surface area contributed by atoms with Gasteiger partial charge in [0.15, 0.2) is 9.84 Å². The summed E-state index contributed by atoms with van der Waals surface area (Å²) in [6.07, 6.45) is 0.199. The number of hydrogen-bond acceptors (Lipinski definition) is 5. The Morgan fingerprint density at radius 2 is 2.24 bits per heavy atom. The van der Waals surface area contributed by atoms with Crippen LogP contribution < -0.4 is 5.73 Å². The molecule has 0 radical (unpaired) electrons. The summed E-state index contributed by atoms with van der Waals surface area (Å²) in [6.45, 7) is 0.0219. The van der Waals surface area contributed by atoms with E-state index in [-0.39, 0.29) is 17.3 Å². The number of nitrogens with zero attached hydrogens (tertiary/aromatic N) is 1. The Hall–Kier alpha value is -1.44. The summed E-state index contributed by atoms with van der Waals surface area (Å²) in [5.74, 6) is 0.276. The highest BCUT2D eigenvalue weighted by Crippen LogP contribution is 2.22. The Kier molecular flexibility index (Phi) is 2.90. The van der Waals surface area contributed by atoms with Crippen molar-refractivity contribution in [3.8, 4) is 0 Å². The first-order chi connectivity index (χ1) is 7.93. The fourth-order valence-corrected chi connectivity index (χ4v) is 2.43. The van der Waals surface area contributed by atoms with Crippen LogP contribution in [-0.2, 0) is 9.84 Å². The SMILES string of the molecule is CS(=O)(=O)c1cccc2[nH]c(C(O)CN)nc12. The third-order valence-corrected chi connectivity index (χ3v) is 3.56. The van der Waals surface area contributed by atoms with Crippen LogP contribution in [0.2, 0.25) is 0 Å². The molecule has 0 spiro atoms. The number of hydrogen-bond donors (Lipinski definition) is 3. The summed E-state index contributed by atoms with van der Waals surface area (Å²) in [7, 11) is -3.34. The average Bonchev–Trinajstić information content (AvgIpc) is 2.69. The number of imidazole rings is 1. The van der Waals surface area contributed by atoms with Gasteiger partial charge in [-0.3, -0.25) is 0 Å². The summed E-state index contributed by atoms with van der Waals surface area (Å²) in [4.78, 5) is 7.08.